The van der Waals surface area contributed by atoms with E-state index in [0.717, 1.165) is 5.56 Å². The number of ether oxygens (including phenoxy) is 1. The molecule has 24 heavy (non-hydrogen) atoms. The molecule has 0 atom stereocenters. The van der Waals surface area contributed by atoms with Crippen molar-refractivity contribution in [1.29, 1.82) is 0 Å². The number of carbonyl (C=O) groups is 1. The van der Waals surface area contributed by atoms with Crippen LogP contribution in [0.5, 0.6) is 0 Å². The fourth-order valence-electron chi connectivity index (χ4n) is 3.28. The second-order valence-corrected chi connectivity index (χ2v) is 7.23. The zero-order valence-electron chi connectivity index (χ0n) is 14.7. The first-order chi connectivity index (χ1) is 10.8. The number of halogens is 2. The van der Waals surface area contributed by atoms with E-state index < -0.39 is 5.41 Å². The Morgan fingerprint density at radius 2 is 2.00 bits per heavy atom. The summed E-state index contributed by atoms with van der Waals surface area (Å²) in [6.07, 6.45) is 1.14. The molecule has 1 saturated heterocycles. The summed E-state index contributed by atoms with van der Waals surface area (Å²) >= 11 is 0. The molecule has 1 heterocycles. The number of nitrogens with two attached hydrogens (primary N) is 1. The Morgan fingerprint density at radius 1 is 1.38 bits per heavy atom. The fraction of sp³-hybridized carbons (Fsp3) is 0.611. The summed E-state index contributed by atoms with van der Waals surface area (Å²) in [7, 11) is 1.80. The maximum absolute atomic E-state index is 13.7. The molecule has 4 nitrogen and oxygen atoms in total. The van der Waals surface area contributed by atoms with Gasteiger partial charge < -0.3 is 15.4 Å². The second-order valence-electron chi connectivity index (χ2n) is 7.23. The summed E-state index contributed by atoms with van der Waals surface area (Å²) in [5.41, 5.74) is 5.67. The monoisotopic (exact) mass is 358 g/mol. The van der Waals surface area contributed by atoms with Crippen molar-refractivity contribution < 1.29 is 13.9 Å². The molecule has 0 bridgehead atoms. The molecule has 0 unspecified atom stereocenters. The quantitative estimate of drug-likeness (QED) is 0.880. The number of rotatable bonds is 5. The van der Waals surface area contributed by atoms with E-state index >= 15 is 0 Å². The molecule has 1 aliphatic heterocycles. The highest BCUT2D eigenvalue weighted by atomic mass is 35.5. The minimum absolute atomic E-state index is 0. The third-order valence-electron chi connectivity index (χ3n) is 4.70. The van der Waals surface area contributed by atoms with Gasteiger partial charge in [-0.15, -0.1) is 12.4 Å². The number of hydrogen-bond acceptors (Lipinski definition) is 3. The maximum atomic E-state index is 13.7. The van der Waals surface area contributed by atoms with Gasteiger partial charge in [0.2, 0.25) is 5.91 Å². The van der Waals surface area contributed by atoms with Gasteiger partial charge in [-0.05, 0) is 42.5 Å². The molecule has 0 aromatic heterocycles. The van der Waals surface area contributed by atoms with Crippen LogP contribution in [-0.2, 0) is 14.9 Å². The van der Waals surface area contributed by atoms with Crippen LogP contribution < -0.4 is 5.73 Å². The first-order valence-corrected chi connectivity index (χ1v) is 8.10. The average Bonchev–Trinajstić information content (AvgIpc) is 2.54. The molecule has 1 fully saturated rings. The van der Waals surface area contributed by atoms with Crippen LogP contribution in [0.3, 0.4) is 0 Å². The van der Waals surface area contributed by atoms with Crippen molar-refractivity contribution in [3.05, 3.63) is 35.6 Å². The van der Waals surface area contributed by atoms with Crippen LogP contribution in [0.25, 0.3) is 0 Å². The van der Waals surface area contributed by atoms with Gasteiger partial charge in [0, 0.05) is 26.8 Å². The maximum Gasteiger partial charge on any atom is 0.233 e. The standard InChI is InChI=1S/C18H27FN2O2.ClH/c1-17(2,12-20)13-21(3)16(22)18(7-9-23-10-8-18)14-5-4-6-15(19)11-14;/h4-6,11H,7-10,12-13,20H2,1-3H3;1H. The number of likely N-dealkylation sites (N-methyl/N-ethyl adjacent to an activating group) is 1. The molecule has 1 aromatic carbocycles. The van der Waals surface area contributed by atoms with Gasteiger partial charge in [-0.2, -0.15) is 0 Å². The van der Waals surface area contributed by atoms with Crippen LogP contribution in [0.1, 0.15) is 32.3 Å². The zero-order valence-corrected chi connectivity index (χ0v) is 15.5. The number of nitrogens with zero attached hydrogens (tertiary/aromatic N) is 1. The molecular weight excluding hydrogens is 331 g/mol. The molecule has 1 aliphatic rings. The molecule has 0 aliphatic carbocycles. The first kappa shape index (κ1) is 20.9. The minimum Gasteiger partial charge on any atom is -0.381 e. The van der Waals surface area contributed by atoms with E-state index in [-0.39, 0.29) is 29.5 Å². The van der Waals surface area contributed by atoms with Gasteiger partial charge in [-0.1, -0.05) is 26.0 Å². The molecule has 1 aromatic rings. The molecule has 136 valence electrons. The second kappa shape index (κ2) is 8.28. The van der Waals surface area contributed by atoms with E-state index in [1.54, 1.807) is 18.0 Å². The van der Waals surface area contributed by atoms with Crippen LogP contribution >= 0.6 is 12.4 Å². The number of benzene rings is 1. The highest BCUT2D eigenvalue weighted by Crippen LogP contribution is 2.37. The smallest absolute Gasteiger partial charge is 0.233 e. The van der Waals surface area contributed by atoms with Crippen LogP contribution in [0.2, 0.25) is 0 Å². The van der Waals surface area contributed by atoms with Crippen molar-refractivity contribution in [3.63, 3.8) is 0 Å². The minimum atomic E-state index is -0.709. The van der Waals surface area contributed by atoms with E-state index in [2.05, 4.69) is 0 Å². The summed E-state index contributed by atoms with van der Waals surface area (Å²) in [5.74, 6) is -0.293. The molecule has 0 spiro atoms. The molecule has 2 rings (SSSR count). The van der Waals surface area contributed by atoms with Gasteiger partial charge in [0.25, 0.3) is 0 Å². The Bertz CT molecular complexity index is 560. The fourth-order valence-corrected chi connectivity index (χ4v) is 3.28. The van der Waals surface area contributed by atoms with Crippen molar-refractivity contribution in [1.82, 2.24) is 4.90 Å². The van der Waals surface area contributed by atoms with Gasteiger partial charge in [0.05, 0.1) is 5.41 Å². The topological polar surface area (TPSA) is 55.6 Å². The lowest BCUT2D eigenvalue weighted by molar-refractivity contribution is -0.141. The van der Waals surface area contributed by atoms with Crippen LogP contribution in [0.4, 0.5) is 4.39 Å². The number of amides is 1. The Labute approximate surface area is 149 Å². The third-order valence-corrected chi connectivity index (χ3v) is 4.70. The van der Waals surface area contributed by atoms with Crippen molar-refractivity contribution >= 4 is 18.3 Å². The van der Waals surface area contributed by atoms with E-state index in [9.17, 15) is 9.18 Å². The third kappa shape index (κ3) is 4.47. The van der Waals surface area contributed by atoms with Crippen LogP contribution in [0.15, 0.2) is 24.3 Å². The molecular formula is C18H28ClFN2O2. The lowest BCUT2D eigenvalue weighted by atomic mass is 9.72. The van der Waals surface area contributed by atoms with Crippen molar-refractivity contribution in [3.8, 4) is 0 Å². The average molecular weight is 359 g/mol. The lowest BCUT2D eigenvalue weighted by Crippen LogP contribution is -2.51. The predicted octanol–water partition coefficient (Wildman–Crippen LogP) is 2.74. The highest BCUT2D eigenvalue weighted by Gasteiger charge is 2.44. The molecule has 0 saturated carbocycles. The van der Waals surface area contributed by atoms with Gasteiger partial charge in [-0.3, -0.25) is 4.79 Å². The van der Waals surface area contributed by atoms with E-state index in [1.807, 2.05) is 19.9 Å². The Kier molecular flexibility index (Phi) is 7.20. The van der Waals surface area contributed by atoms with Crippen molar-refractivity contribution in [2.24, 2.45) is 11.1 Å². The number of carbonyl (C=O) groups excluding carboxylic acids is 1. The number of hydrogen-bond donors (Lipinski definition) is 1. The SMILES string of the molecule is CN(CC(C)(C)CN)C(=O)C1(c2cccc(F)c2)CCOCC1.Cl. The van der Waals surface area contributed by atoms with Crippen molar-refractivity contribution in [2.75, 3.05) is 33.4 Å². The Hall–Kier alpha value is -1.17. The van der Waals surface area contributed by atoms with E-state index in [1.165, 1.54) is 12.1 Å². The molecule has 2 N–H and O–H groups in total. The molecule has 6 heteroatoms. The van der Waals surface area contributed by atoms with Crippen molar-refractivity contribution in [2.45, 2.75) is 32.1 Å². The summed E-state index contributed by atoms with van der Waals surface area (Å²) in [6, 6.07) is 6.39. The van der Waals surface area contributed by atoms with Gasteiger partial charge in [0.15, 0.2) is 0 Å². The molecule has 1 amide bonds. The van der Waals surface area contributed by atoms with Crippen LogP contribution in [0, 0.1) is 11.2 Å². The zero-order chi connectivity index (χ0) is 17.1. The Morgan fingerprint density at radius 3 is 2.54 bits per heavy atom. The first-order valence-electron chi connectivity index (χ1n) is 8.10. The van der Waals surface area contributed by atoms with Gasteiger partial charge >= 0.3 is 0 Å². The predicted molar refractivity (Wildman–Crippen MR) is 95.9 cm³/mol. The van der Waals surface area contributed by atoms with E-state index in [4.69, 9.17) is 10.5 Å². The molecule has 0 radical (unpaired) electrons. The van der Waals surface area contributed by atoms with Gasteiger partial charge in [0.1, 0.15) is 5.82 Å². The summed E-state index contributed by atoms with van der Waals surface area (Å²) in [6.45, 7) is 6.17. The lowest BCUT2D eigenvalue weighted by Gasteiger charge is -2.41. The summed E-state index contributed by atoms with van der Waals surface area (Å²) in [5, 5.41) is 0. The normalized spacial score (nSPS) is 17.0. The Balaban J connectivity index is 0.00000288. The highest BCUT2D eigenvalue weighted by molar-refractivity contribution is 5.88. The van der Waals surface area contributed by atoms with Gasteiger partial charge in [-0.25, -0.2) is 4.39 Å². The largest absolute Gasteiger partial charge is 0.381 e. The summed E-state index contributed by atoms with van der Waals surface area (Å²) < 4.78 is 19.2. The van der Waals surface area contributed by atoms with E-state index in [0.29, 0.717) is 39.1 Å². The van der Waals surface area contributed by atoms with Crippen LogP contribution in [-0.4, -0.2) is 44.2 Å². The summed E-state index contributed by atoms with van der Waals surface area (Å²) in [4.78, 5) is 15.0.